The average molecular weight is 334 g/mol. The molecule has 0 amide bonds. The minimum atomic E-state index is -0.280. The predicted octanol–water partition coefficient (Wildman–Crippen LogP) is 3.38. The van der Waals surface area contributed by atoms with Crippen molar-refractivity contribution in [2.24, 2.45) is 0 Å². The average Bonchev–Trinajstić information content (AvgIpc) is 3.06. The fourth-order valence-electron chi connectivity index (χ4n) is 2.42. The van der Waals surface area contributed by atoms with Gasteiger partial charge in [0.05, 0.1) is 5.69 Å². The molecule has 1 N–H and O–H groups in total. The molecule has 0 atom stereocenters. The fourth-order valence-corrected chi connectivity index (χ4v) is 3.23. The quantitative estimate of drug-likeness (QED) is 0.581. The van der Waals surface area contributed by atoms with Gasteiger partial charge in [0.25, 0.3) is 0 Å². The molecule has 0 aliphatic carbocycles. The van der Waals surface area contributed by atoms with Gasteiger partial charge in [0.2, 0.25) is 0 Å². The number of hydrogen-bond donors (Lipinski definition) is 1. The number of rotatable bonds is 4. The second kappa shape index (κ2) is 6.33. The van der Waals surface area contributed by atoms with Gasteiger partial charge in [-0.3, -0.25) is 4.98 Å². The zero-order valence-electron chi connectivity index (χ0n) is 12.7. The molecule has 2 heterocycles. The van der Waals surface area contributed by atoms with Gasteiger partial charge in [-0.15, -0.1) is 0 Å². The molecule has 4 rings (SSSR count). The number of hydrogen-bond acceptors (Lipinski definition) is 4. The lowest BCUT2D eigenvalue weighted by Gasteiger charge is -2.01. The number of aromatic nitrogens is 4. The predicted molar refractivity (Wildman–Crippen MR) is 95.0 cm³/mol. The van der Waals surface area contributed by atoms with Crippen LogP contribution in [0.1, 0.15) is 5.56 Å². The van der Waals surface area contributed by atoms with Crippen LogP contribution < -0.4 is 5.69 Å². The monoisotopic (exact) mass is 334 g/mol. The van der Waals surface area contributed by atoms with E-state index in [1.807, 2.05) is 54.6 Å². The largest absolute Gasteiger partial charge is 0.350 e. The fraction of sp³-hybridized carbons (Fsp3) is 0.0556. The number of aromatic amines is 1. The molecule has 0 saturated heterocycles. The van der Waals surface area contributed by atoms with Gasteiger partial charge in [0, 0.05) is 17.4 Å². The Labute approximate surface area is 142 Å². The van der Waals surface area contributed by atoms with Crippen molar-refractivity contribution in [3.8, 4) is 11.3 Å². The van der Waals surface area contributed by atoms with Crippen molar-refractivity contribution < 1.29 is 0 Å². The number of thioether (sulfide) groups is 1. The maximum absolute atomic E-state index is 12.2. The van der Waals surface area contributed by atoms with E-state index in [1.165, 1.54) is 21.8 Å². The van der Waals surface area contributed by atoms with Crippen LogP contribution >= 0.6 is 11.8 Å². The maximum atomic E-state index is 12.2. The first kappa shape index (κ1) is 14.7. The van der Waals surface area contributed by atoms with Crippen molar-refractivity contribution in [2.45, 2.75) is 10.9 Å². The summed E-state index contributed by atoms with van der Waals surface area (Å²) in [5, 5.41) is 4.94. The second-order valence-corrected chi connectivity index (χ2v) is 6.25. The zero-order chi connectivity index (χ0) is 16.4. The van der Waals surface area contributed by atoms with Crippen LogP contribution in [-0.4, -0.2) is 19.6 Å². The third-order valence-electron chi connectivity index (χ3n) is 3.60. The first-order valence-corrected chi connectivity index (χ1v) is 8.50. The zero-order valence-corrected chi connectivity index (χ0v) is 13.5. The van der Waals surface area contributed by atoms with E-state index >= 15 is 0 Å². The van der Waals surface area contributed by atoms with Gasteiger partial charge in [-0.2, -0.15) is 9.61 Å². The van der Waals surface area contributed by atoms with Crippen LogP contribution in [0.25, 0.3) is 16.9 Å². The number of nitrogens with zero attached hydrogens (tertiary/aromatic N) is 3. The van der Waals surface area contributed by atoms with Crippen molar-refractivity contribution in [1.29, 1.82) is 0 Å². The van der Waals surface area contributed by atoms with Crippen molar-refractivity contribution in [3.63, 3.8) is 0 Å². The van der Waals surface area contributed by atoms with Gasteiger partial charge in [0.1, 0.15) is 0 Å². The van der Waals surface area contributed by atoms with Crippen molar-refractivity contribution in [2.75, 3.05) is 0 Å². The molecule has 0 unspecified atom stereocenters. The standard InChI is InChI=1S/C18H14N4OS/c23-18-20-17(24-12-13-7-3-1-4-8-13)19-16-11-15(21-22(16)18)14-9-5-2-6-10-14/h1-11H,12H2,(H,19,20,23). The van der Waals surface area contributed by atoms with E-state index in [0.29, 0.717) is 10.8 Å². The van der Waals surface area contributed by atoms with Gasteiger partial charge in [-0.05, 0) is 5.56 Å². The Morgan fingerprint density at radius 1 is 1.00 bits per heavy atom. The van der Waals surface area contributed by atoms with E-state index in [4.69, 9.17) is 0 Å². The summed E-state index contributed by atoms with van der Waals surface area (Å²) in [4.78, 5) is 19.5. The van der Waals surface area contributed by atoms with Crippen molar-refractivity contribution in [3.05, 3.63) is 82.8 Å². The van der Waals surface area contributed by atoms with Crippen LogP contribution in [0.4, 0.5) is 0 Å². The molecule has 0 saturated carbocycles. The van der Waals surface area contributed by atoms with Gasteiger partial charge < -0.3 is 0 Å². The van der Waals surface area contributed by atoms with Gasteiger partial charge in [0.15, 0.2) is 10.8 Å². The molecule has 6 heteroatoms. The molecule has 0 fully saturated rings. The lowest BCUT2D eigenvalue weighted by molar-refractivity contribution is 0.788. The Morgan fingerprint density at radius 3 is 2.46 bits per heavy atom. The lowest BCUT2D eigenvalue weighted by atomic mass is 10.2. The highest BCUT2D eigenvalue weighted by Gasteiger charge is 2.09. The summed E-state index contributed by atoms with van der Waals surface area (Å²) in [7, 11) is 0. The van der Waals surface area contributed by atoms with Crippen LogP contribution in [0.5, 0.6) is 0 Å². The molecule has 24 heavy (non-hydrogen) atoms. The molecule has 2 aromatic heterocycles. The highest BCUT2D eigenvalue weighted by molar-refractivity contribution is 7.98. The molecule has 118 valence electrons. The summed E-state index contributed by atoms with van der Waals surface area (Å²) >= 11 is 1.50. The van der Waals surface area contributed by atoms with Gasteiger partial charge >= 0.3 is 5.69 Å². The van der Waals surface area contributed by atoms with E-state index in [9.17, 15) is 4.79 Å². The minimum absolute atomic E-state index is 0.280. The number of nitrogens with one attached hydrogen (secondary N) is 1. The first-order chi connectivity index (χ1) is 11.8. The summed E-state index contributed by atoms with van der Waals surface area (Å²) in [6.45, 7) is 0. The van der Waals surface area contributed by atoms with Gasteiger partial charge in [-0.25, -0.2) is 9.78 Å². The van der Waals surface area contributed by atoms with E-state index in [-0.39, 0.29) is 5.69 Å². The summed E-state index contributed by atoms with van der Waals surface area (Å²) < 4.78 is 1.30. The van der Waals surface area contributed by atoms with E-state index in [2.05, 4.69) is 27.2 Å². The molecular formula is C18H14N4OS. The summed E-state index contributed by atoms with van der Waals surface area (Å²) in [6, 6.07) is 21.7. The second-order valence-electron chi connectivity index (χ2n) is 5.29. The summed E-state index contributed by atoms with van der Waals surface area (Å²) in [5.74, 6) is 0.750. The van der Waals surface area contributed by atoms with Crippen LogP contribution in [0, 0.1) is 0 Å². The third kappa shape index (κ3) is 2.96. The van der Waals surface area contributed by atoms with E-state index < -0.39 is 0 Å². The maximum Gasteiger partial charge on any atom is 0.350 e. The molecule has 4 aromatic rings. The normalized spacial score (nSPS) is 11.0. The summed E-state index contributed by atoms with van der Waals surface area (Å²) in [5.41, 5.74) is 3.15. The molecule has 0 spiro atoms. The highest BCUT2D eigenvalue weighted by Crippen LogP contribution is 2.21. The van der Waals surface area contributed by atoms with Gasteiger partial charge in [-0.1, -0.05) is 72.4 Å². The highest BCUT2D eigenvalue weighted by atomic mass is 32.2. The molecule has 0 aliphatic rings. The molecule has 0 radical (unpaired) electrons. The van der Waals surface area contributed by atoms with Crippen LogP contribution in [0.15, 0.2) is 76.7 Å². The number of fused-ring (bicyclic) bond motifs is 1. The topological polar surface area (TPSA) is 63.0 Å². The number of benzene rings is 2. The molecule has 0 aliphatic heterocycles. The molecule has 0 bridgehead atoms. The van der Waals surface area contributed by atoms with E-state index in [0.717, 1.165) is 17.0 Å². The third-order valence-corrected chi connectivity index (χ3v) is 4.55. The Bertz CT molecular complexity index is 1030. The number of H-pyrrole nitrogens is 1. The smallest absolute Gasteiger partial charge is 0.285 e. The molecular weight excluding hydrogens is 320 g/mol. The van der Waals surface area contributed by atoms with Crippen molar-refractivity contribution in [1.82, 2.24) is 19.6 Å². The Morgan fingerprint density at radius 2 is 1.71 bits per heavy atom. The van der Waals surface area contributed by atoms with Crippen LogP contribution in [-0.2, 0) is 5.75 Å². The Balaban J connectivity index is 1.66. The van der Waals surface area contributed by atoms with Crippen LogP contribution in [0.3, 0.4) is 0 Å². The molecule has 2 aromatic carbocycles. The van der Waals surface area contributed by atoms with Crippen molar-refractivity contribution >= 4 is 17.4 Å². The summed E-state index contributed by atoms with van der Waals surface area (Å²) in [6.07, 6.45) is 0. The SMILES string of the molecule is O=c1[nH]c(SCc2ccccc2)nc2cc(-c3ccccc3)nn12. The van der Waals surface area contributed by atoms with Crippen LogP contribution in [0.2, 0.25) is 0 Å². The molecule has 5 nitrogen and oxygen atoms in total. The Hall–Kier alpha value is -2.86. The lowest BCUT2D eigenvalue weighted by Crippen LogP contribution is -2.19. The van der Waals surface area contributed by atoms with E-state index in [1.54, 1.807) is 0 Å². The minimum Gasteiger partial charge on any atom is -0.285 e. The Kier molecular flexibility index (Phi) is 3.88. The first-order valence-electron chi connectivity index (χ1n) is 7.52.